The summed E-state index contributed by atoms with van der Waals surface area (Å²) in [4.78, 5) is 32.1. The highest BCUT2D eigenvalue weighted by molar-refractivity contribution is 9.10. The van der Waals surface area contributed by atoms with E-state index in [1.54, 1.807) is 6.92 Å². The predicted octanol–water partition coefficient (Wildman–Crippen LogP) is 2.35. The van der Waals surface area contributed by atoms with Gasteiger partial charge in [0.2, 0.25) is 0 Å². The van der Waals surface area contributed by atoms with Crippen molar-refractivity contribution in [2.75, 3.05) is 6.61 Å². The van der Waals surface area contributed by atoms with E-state index in [9.17, 15) is 19.7 Å². The standard InChI is InChI=1S/C10H8BrNO5/c1-2-17-10(14)7-4-9(12(15)16)6(5-13)3-8(7)11/h3-5H,2H2,1H3. The van der Waals surface area contributed by atoms with Gasteiger partial charge in [0.25, 0.3) is 5.69 Å². The van der Waals surface area contributed by atoms with Crippen LogP contribution in [-0.2, 0) is 4.74 Å². The van der Waals surface area contributed by atoms with Gasteiger partial charge >= 0.3 is 5.97 Å². The molecule has 90 valence electrons. The topological polar surface area (TPSA) is 86.5 Å². The van der Waals surface area contributed by atoms with Crippen molar-refractivity contribution in [2.45, 2.75) is 6.92 Å². The first-order valence-electron chi connectivity index (χ1n) is 4.61. The minimum atomic E-state index is -0.723. The van der Waals surface area contributed by atoms with Gasteiger partial charge in [0, 0.05) is 10.5 Å². The lowest BCUT2D eigenvalue weighted by molar-refractivity contribution is -0.385. The second kappa shape index (κ2) is 5.53. The van der Waals surface area contributed by atoms with Crippen molar-refractivity contribution in [3.63, 3.8) is 0 Å². The first kappa shape index (κ1) is 13.3. The highest BCUT2D eigenvalue weighted by atomic mass is 79.9. The number of benzene rings is 1. The van der Waals surface area contributed by atoms with Gasteiger partial charge in [-0.05, 0) is 28.9 Å². The summed E-state index contributed by atoms with van der Waals surface area (Å²) >= 11 is 3.06. The van der Waals surface area contributed by atoms with Crippen LogP contribution in [0.4, 0.5) is 5.69 Å². The monoisotopic (exact) mass is 301 g/mol. The summed E-state index contributed by atoms with van der Waals surface area (Å²) < 4.78 is 5.02. The minimum Gasteiger partial charge on any atom is -0.462 e. The molecule has 0 aliphatic rings. The second-order valence-electron chi connectivity index (χ2n) is 2.99. The summed E-state index contributed by atoms with van der Waals surface area (Å²) in [6.45, 7) is 1.79. The molecule has 0 heterocycles. The number of hydrogen-bond donors (Lipinski definition) is 0. The number of carbonyl (C=O) groups is 2. The molecule has 1 rings (SSSR count). The average molecular weight is 302 g/mol. The van der Waals surface area contributed by atoms with Gasteiger partial charge in [-0.15, -0.1) is 0 Å². The average Bonchev–Trinajstić information content (AvgIpc) is 2.28. The van der Waals surface area contributed by atoms with E-state index in [4.69, 9.17) is 4.74 Å². The summed E-state index contributed by atoms with van der Waals surface area (Å²) in [7, 11) is 0. The SMILES string of the molecule is CCOC(=O)c1cc([N+](=O)[O-])c(C=O)cc1Br. The Kier molecular flexibility index (Phi) is 4.33. The van der Waals surface area contributed by atoms with Crippen LogP contribution in [0.25, 0.3) is 0 Å². The molecule has 0 aliphatic heterocycles. The fraction of sp³-hybridized carbons (Fsp3) is 0.200. The summed E-state index contributed by atoms with van der Waals surface area (Å²) in [6.07, 6.45) is 0.359. The number of aldehydes is 1. The van der Waals surface area contributed by atoms with Gasteiger partial charge in [-0.3, -0.25) is 14.9 Å². The lowest BCUT2D eigenvalue weighted by atomic mass is 10.1. The maximum absolute atomic E-state index is 11.5. The number of nitro groups is 1. The van der Waals surface area contributed by atoms with Crippen LogP contribution < -0.4 is 0 Å². The predicted molar refractivity (Wildman–Crippen MR) is 62.1 cm³/mol. The zero-order valence-corrected chi connectivity index (χ0v) is 10.4. The third-order valence-corrected chi connectivity index (χ3v) is 2.59. The van der Waals surface area contributed by atoms with E-state index in [0.717, 1.165) is 6.07 Å². The molecule has 0 fully saturated rings. The molecule has 0 saturated heterocycles. The van der Waals surface area contributed by atoms with Gasteiger partial charge in [0.1, 0.15) is 0 Å². The third-order valence-electron chi connectivity index (χ3n) is 1.94. The quantitative estimate of drug-likeness (QED) is 0.369. The molecule has 0 radical (unpaired) electrons. The van der Waals surface area contributed by atoms with Crippen molar-refractivity contribution in [1.29, 1.82) is 0 Å². The van der Waals surface area contributed by atoms with Crippen LogP contribution in [0.1, 0.15) is 27.6 Å². The Bertz CT molecular complexity index is 486. The first-order valence-corrected chi connectivity index (χ1v) is 5.40. The molecule has 1 aromatic rings. The van der Waals surface area contributed by atoms with E-state index in [0.29, 0.717) is 6.29 Å². The van der Waals surface area contributed by atoms with Crippen molar-refractivity contribution in [1.82, 2.24) is 0 Å². The molecule has 0 aliphatic carbocycles. The lowest BCUT2D eigenvalue weighted by Crippen LogP contribution is -2.07. The number of carbonyl (C=O) groups excluding carboxylic acids is 2. The molecule has 0 aromatic heterocycles. The van der Waals surface area contributed by atoms with Crippen molar-refractivity contribution < 1.29 is 19.2 Å². The number of hydrogen-bond acceptors (Lipinski definition) is 5. The molecule has 1 aromatic carbocycles. The van der Waals surface area contributed by atoms with Crippen molar-refractivity contribution in [3.8, 4) is 0 Å². The Morgan fingerprint density at radius 3 is 2.71 bits per heavy atom. The zero-order chi connectivity index (χ0) is 13.0. The normalized spacial score (nSPS) is 9.76. The summed E-state index contributed by atoms with van der Waals surface area (Å²) in [5.41, 5.74) is -0.509. The second-order valence-corrected chi connectivity index (χ2v) is 3.84. The molecular weight excluding hydrogens is 294 g/mol. The van der Waals surface area contributed by atoms with Gasteiger partial charge in [-0.25, -0.2) is 4.79 Å². The third kappa shape index (κ3) is 2.88. The zero-order valence-electron chi connectivity index (χ0n) is 8.81. The Morgan fingerprint density at radius 1 is 1.59 bits per heavy atom. The number of esters is 1. The summed E-state index contributed by atoms with van der Waals surface area (Å²) in [5.74, 6) is -0.681. The Hall–Kier alpha value is -1.76. The molecule has 0 amide bonds. The maximum Gasteiger partial charge on any atom is 0.339 e. The van der Waals surface area contributed by atoms with Gasteiger partial charge in [0.05, 0.1) is 22.7 Å². The maximum atomic E-state index is 11.5. The molecular formula is C10H8BrNO5. The largest absolute Gasteiger partial charge is 0.462 e. The number of ether oxygens (including phenoxy) is 1. The van der Waals surface area contributed by atoms with Gasteiger partial charge in [-0.2, -0.15) is 0 Å². The van der Waals surface area contributed by atoms with Crippen molar-refractivity contribution in [2.24, 2.45) is 0 Å². The lowest BCUT2D eigenvalue weighted by Gasteiger charge is -2.05. The van der Waals surface area contributed by atoms with Crippen molar-refractivity contribution in [3.05, 3.63) is 37.8 Å². The van der Waals surface area contributed by atoms with Crippen molar-refractivity contribution >= 4 is 33.9 Å². The molecule has 7 heteroatoms. The van der Waals surface area contributed by atoms with E-state index in [2.05, 4.69) is 15.9 Å². The van der Waals surface area contributed by atoms with Crippen LogP contribution in [0.5, 0.6) is 0 Å². The van der Waals surface area contributed by atoms with Gasteiger partial charge in [-0.1, -0.05) is 0 Å². The summed E-state index contributed by atoms with van der Waals surface area (Å²) in [5, 5.41) is 10.7. The van der Waals surface area contributed by atoms with E-state index in [1.807, 2.05) is 0 Å². The molecule has 0 unspecified atom stereocenters. The van der Waals surface area contributed by atoms with E-state index in [-0.39, 0.29) is 22.2 Å². The number of rotatable bonds is 4. The van der Waals surface area contributed by atoms with Crippen LogP contribution >= 0.6 is 15.9 Å². The minimum absolute atomic E-state index is 0.0177. The summed E-state index contributed by atoms with van der Waals surface area (Å²) in [6, 6.07) is 2.24. The highest BCUT2D eigenvalue weighted by Gasteiger charge is 2.21. The molecule has 0 atom stereocenters. The van der Waals surface area contributed by atoms with Crippen LogP contribution in [0.3, 0.4) is 0 Å². The molecule has 0 saturated carbocycles. The molecule has 0 bridgehead atoms. The number of nitrogens with zero attached hydrogens (tertiary/aromatic N) is 1. The van der Waals surface area contributed by atoms with E-state index in [1.165, 1.54) is 6.07 Å². The van der Waals surface area contributed by atoms with Crippen LogP contribution in [0, 0.1) is 10.1 Å². The van der Waals surface area contributed by atoms with E-state index < -0.39 is 16.6 Å². The smallest absolute Gasteiger partial charge is 0.339 e. The molecule has 17 heavy (non-hydrogen) atoms. The van der Waals surface area contributed by atoms with E-state index >= 15 is 0 Å². The Labute approximate surface area is 105 Å². The molecule has 0 spiro atoms. The fourth-order valence-electron chi connectivity index (χ4n) is 1.19. The highest BCUT2D eigenvalue weighted by Crippen LogP contribution is 2.26. The molecule has 6 nitrogen and oxygen atoms in total. The van der Waals surface area contributed by atoms with Crippen LogP contribution in [-0.4, -0.2) is 23.8 Å². The number of halogens is 1. The number of nitro benzene ring substituents is 1. The van der Waals surface area contributed by atoms with Gasteiger partial charge in [0.15, 0.2) is 6.29 Å². The van der Waals surface area contributed by atoms with Crippen LogP contribution in [0.2, 0.25) is 0 Å². The Balaban J connectivity index is 3.34. The molecule has 0 N–H and O–H groups in total. The first-order chi connectivity index (χ1) is 8.01. The fourth-order valence-corrected chi connectivity index (χ4v) is 1.72. The van der Waals surface area contributed by atoms with Crippen LogP contribution in [0.15, 0.2) is 16.6 Å². The Morgan fingerprint density at radius 2 is 2.24 bits per heavy atom. The van der Waals surface area contributed by atoms with Gasteiger partial charge < -0.3 is 4.74 Å².